The van der Waals surface area contributed by atoms with Gasteiger partial charge in [0.1, 0.15) is 0 Å². The molecule has 0 aliphatic rings. The first-order valence-electron chi connectivity index (χ1n) is 3.31. The third kappa shape index (κ3) is 5.23. The second-order valence-corrected chi connectivity index (χ2v) is 12.0. The van der Waals surface area contributed by atoms with Gasteiger partial charge in [-0.1, -0.05) is 0 Å². The summed E-state index contributed by atoms with van der Waals surface area (Å²) in [6.07, 6.45) is 2.68. The van der Waals surface area contributed by atoms with E-state index in [1.54, 1.807) is 0 Å². The van der Waals surface area contributed by atoms with Crippen molar-refractivity contribution < 1.29 is 0 Å². The molecule has 0 aliphatic carbocycles. The van der Waals surface area contributed by atoms with E-state index in [1.807, 2.05) is 0 Å². The Balaban J connectivity index is 2.86. The van der Waals surface area contributed by atoms with Crippen LogP contribution in [0.25, 0.3) is 0 Å². The van der Waals surface area contributed by atoms with Gasteiger partial charge in [0.25, 0.3) is 0 Å². The van der Waals surface area contributed by atoms with Crippen molar-refractivity contribution in [3.63, 3.8) is 0 Å². The van der Waals surface area contributed by atoms with Crippen LogP contribution in [0.3, 0.4) is 0 Å². The molecule has 0 aromatic carbocycles. The zero-order valence-corrected chi connectivity index (χ0v) is 9.32. The molecule has 1 radical (unpaired) electrons. The van der Waals surface area contributed by atoms with Crippen LogP contribution in [0, 0.1) is 0 Å². The van der Waals surface area contributed by atoms with Crippen molar-refractivity contribution in [2.45, 2.75) is 35.6 Å². The van der Waals surface area contributed by atoms with Crippen molar-refractivity contribution >= 4 is 27.6 Å². The van der Waals surface area contributed by atoms with Crippen molar-refractivity contribution in [2.24, 2.45) is 0 Å². The molecule has 0 aliphatic heterocycles. The Bertz CT molecular complexity index is 47.8. The molecule has 0 unspecified atom stereocenters. The van der Waals surface area contributed by atoms with E-state index < -0.39 is 18.6 Å². The van der Waals surface area contributed by atoms with Gasteiger partial charge in [-0.05, 0) is 0 Å². The Hall–Kier alpha value is 1.09. The number of hydrogen-bond donors (Lipinski definition) is 0. The molecular formula is C6H14ClSn. The first kappa shape index (κ1) is 9.09. The molecule has 0 saturated carbocycles. The van der Waals surface area contributed by atoms with Crippen LogP contribution in [0.1, 0.15) is 26.7 Å². The van der Waals surface area contributed by atoms with Crippen molar-refractivity contribution in [1.29, 1.82) is 0 Å². The Kier molecular flexibility index (Phi) is 7.06. The van der Waals surface area contributed by atoms with Gasteiger partial charge in [-0.2, -0.15) is 0 Å². The van der Waals surface area contributed by atoms with Gasteiger partial charge in [0.05, 0.1) is 0 Å². The molecule has 0 aromatic heterocycles. The van der Waals surface area contributed by atoms with E-state index >= 15 is 0 Å². The van der Waals surface area contributed by atoms with Gasteiger partial charge in [0, 0.05) is 0 Å². The molecule has 0 saturated heterocycles. The Morgan fingerprint density at radius 1 is 1.38 bits per heavy atom. The molecular weight excluding hydrogens is 226 g/mol. The van der Waals surface area contributed by atoms with Crippen molar-refractivity contribution in [3.8, 4) is 0 Å². The summed E-state index contributed by atoms with van der Waals surface area (Å²) in [5.74, 6) is 0. The molecule has 0 N–H and O–H groups in total. The molecule has 0 amide bonds. The maximum absolute atomic E-state index is 6.04. The summed E-state index contributed by atoms with van der Waals surface area (Å²) in [5.41, 5.74) is 0. The van der Waals surface area contributed by atoms with Gasteiger partial charge in [-0.15, -0.1) is 0 Å². The fourth-order valence-electron chi connectivity index (χ4n) is 0.545. The molecule has 0 fully saturated rings. The van der Waals surface area contributed by atoms with Gasteiger partial charge in [0.15, 0.2) is 0 Å². The summed E-state index contributed by atoms with van der Waals surface area (Å²) in [7, 11) is 6.04. The van der Waals surface area contributed by atoms with Gasteiger partial charge >= 0.3 is 63.1 Å². The maximum atomic E-state index is 6.04. The topological polar surface area (TPSA) is 0 Å². The summed E-state index contributed by atoms with van der Waals surface area (Å²) < 4.78 is 2.70. The molecule has 0 rings (SSSR count). The van der Waals surface area contributed by atoms with E-state index in [2.05, 4.69) is 13.8 Å². The Morgan fingerprint density at radius 3 is 2.38 bits per heavy atom. The van der Waals surface area contributed by atoms with Crippen LogP contribution in [0.2, 0.25) is 8.87 Å². The van der Waals surface area contributed by atoms with Crippen LogP contribution in [0.5, 0.6) is 0 Å². The van der Waals surface area contributed by atoms with Crippen molar-refractivity contribution in [2.75, 3.05) is 0 Å². The summed E-state index contributed by atoms with van der Waals surface area (Å²) in [6, 6.07) is 0. The second-order valence-electron chi connectivity index (χ2n) is 1.97. The summed E-state index contributed by atoms with van der Waals surface area (Å²) in [6.45, 7) is 4.44. The summed E-state index contributed by atoms with van der Waals surface area (Å²) in [5, 5.41) is 0. The first-order chi connectivity index (χ1) is 3.81. The van der Waals surface area contributed by atoms with E-state index in [1.165, 1.54) is 21.7 Å². The van der Waals surface area contributed by atoms with E-state index in [9.17, 15) is 0 Å². The van der Waals surface area contributed by atoms with E-state index in [-0.39, 0.29) is 0 Å². The number of halogens is 1. The standard InChI is InChI=1S/C4H9.C2H5.ClH.Sn/c1-3-4-2;1-2;;/h1,3-4H2,2H3;1H2,2H3;1H;/q;;;+1/p-1. The first-order valence-corrected chi connectivity index (χ1v) is 11.0. The van der Waals surface area contributed by atoms with Gasteiger partial charge < -0.3 is 0 Å². The zero-order valence-electron chi connectivity index (χ0n) is 5.71. The molecule has 0 atom stereocenters. The second kappa shape index (κ2) is 6.21. The predicted octanol–water partition coefficient (Wildman–Crippen LogP) is 3.04. The molecule has 0 heterocycles. The molecule has 0 aromatic rings. The quantitative estimate of drug-likeness (QED) is 0.663. The van der Waals surface area contributed by atoms with Gasteiger partial charge in [-0.25, -0.2) is 0 Å². The monoisotopic (exact) mass is 241 g/mol. The van der Waals surface area contributed by atoms with Crippen LogP contribution in [-0.2, 0) is 0 Å². The van der Waals surface area contributed by atoms with E-state index in [4.69, 9.17) is 8.92 Å². The zero-order chi connectivity index (χ0) is 6.41. The molecule has 0 spiro atoms. The van der Waals surface area contributed by atoms with Crippen LogP contribution in [0.15, 0.2) is 0 Å². The number of hydrogen-bond acceptors (Lipinski definition) is 0. The van der Waals surface area contributed by atoms with Gasteiger partial charge in [0.2, 0.25) is 0 Å². The third-order valence-electron chi connectivity index (χ3n) is 1.19. The van der Waals surface area contributed by atoms with Crippen molar-refractivity contribution in [3.05, 3.63) is 0 Å². The average Bonchev–Trinajstić information content (AvgIpc) is 1.83. The molecule has 0 nitrogen and oxygen atoms in total. The fourth-order valence-corrected chi connectivity index (χ4v) is 4.55. The average molecular weight is 240 g/mol. The third-order valence-corrected chi connectivity index (χ3v) is 8.99. The Morgan fingerprint density at radius 2 is 2.00 bits per heavy atom. The number of rotatable bonds is 4. The van der Waals surface area contributed by atoms with E-state index in [0.29, 0.717) is 0 Å². The molecule has 8 heavy (non-hydrogen) atoms. The fraction of sp³-hybridized carbons (Fsp3) is 1.00. The van der Waals surface area contributed by atoms with Crippen LogP contribution in [0.4, 0.5) is 0 Å². The minimum absolute atomic E-state index is 1.21. The SMILES string of the molecule is CCC[CH2][Sn]([Cl])[CH2]C. The van der Waals surface area contributed by atoms with E-state index in [0.717, 1.165) is 0 Å². The molecule has 2 heteroatoms. The van der Waals surface area contributed by atoms with Crippen molar-refractivity contribution in [1.82, 2.24) is 0 Å². The molecule has 49 valence electrons. The van der Waals surface area contributed by atoms with Crippen LogP contribution < -0.4 is 0 Å². The predicted molar refractivity (Wildman–Crippen MR) is 41.8 cm³/mol. The van der Waals surface area contributed by atoms with Crippen LogP contribution in [-0.4, -0.2) is 18.6 Å². The normalized spacial score (nSPS) is 10.5. The Labute approximate surface area is 63.1 Å². The summed E-state index contributed by atoms with van der Waals surface area (Å²) >= 11 is -1.21. The van der Waals surface area contributed by atoms with Gasteiger partial charge in [-0.3, -0.25) is 0 Å². The van der Waals surface area contributed by atoms with Crippen LogP contribution >= 0.6 is 8.92 Å². The number of unbranched alkanes of at least 4 members (excludes halogenated alkanes) is 1. The minimum atomic E-state index is -1.21. The summed E-state index contributed by atoms with van der Waals surface area (Å²) in [4.78, 5) is 0. The molecule has 0 bridgehead atoms.